The Morgan fingerprint density at radius 2 is 1.75 bits per heavy atom. The van der Waals surface area contributed by atoms with E-state index in [-0.39, 0.29) is 0 Å². The second-order valence-electron chi connectivity index (χ2n) is 6.58. The predicted octanol–water partition coefficient (Wildman–Crippen LogP) is 2.64. The Morgan fingerprint density at radius 1 is 1.06 bits per heavy atom. The van der Waals surface area contributed by atoms with Crippen LogP contribution in [0.25, 0.3) is 0 Å². The van der Waals surface area contributed by atoms with Crippen molar-refractivity contribution in [1.82, 2.24) is 10.2 Å². The molecule has 2 rings (SSSR count). The molecule has 1 saturated carbocycles. The zero-order valence-corrected chi connectivity index (χ0v) is 11.3. The van der Waals surface area contributed by atoms with Crippen LogP contribution in [0.4, 0.5) is 0 Å². The lowest BCUT2D eigenvalue weighted by molar-refractivity contribution is 0.112. The molecular weight excluding hydrogens is 196 g/mol. The van der Waals surface area contributed by atoms with Gasteiger partial charge in [0.1, 0.15) is 0 Å². The molecule has 94 valence electrons. The van der Waals surface area contributed by atoms with E-state index in [1.165, 1.54) is 51.7 Å². The lowest BCUT2D eigenvalue weighted by Gasteiger charge is -2.39. The third-order valence-corrected chi connectivity index (χ3v) is 4.57. The first-order valence-electron chi connectivity index (χ1n) is 7.04. The number of nitrogens with zero attached hydrogens (tertiary/aromatic N) is 1. The SMILES string of the molecule is CC1CCN(C2CCC(C)(C)CC2)CCN1. The molecule has 1 saturated heterocycles. The van der Waals surface area contributed by atoms with Crippen LogP contribution in [0.2, 0.25) is 0 Å². The Morgan fingerprint density at radius 3 is 2.44 bits per heavy atom. The molecule has 0 aromatic rings. The largest absolute Gasteiger partial charge is 0.313 e. The maximum atomic E-state index is 3.59. The predicted molar refractivity (Wildman–Crippen MR) is 69.7 cm³/mol. The van der Waals surface area contributed by atoms with Crippen molar-refractivity contribution in [2.45, 2.75) is 65.0 Å². The second kappa shape index (κ2) is 5.05. The van der Waals surface area contributed by atoms with Gasteiger partial charge < -0.3 is 5.32 Å². The highest BCUT2D eigenvalue weighted by atomic mass is 15.2. The van der Waals surface area contributed by atoms with Crippen LogP contribution in [0.3, 0.4) is 0 Å². The molecule has 0 radical (unpaired) electrons. The van der Waals surface area contributed by atoms with Gasteiger partial charge in [0.2, 0.25) is 0 Å². The van der Waals surface area contributed by atoms with E-state index in [0.717, 1.165) is 6.04 Å². The van der Waals surface area contributed by atoms with Crippen LogP contribution >= 0.6 is 0 Å². The maximum absolute atomic E-state index is 3.59. The molecule has 0 aromatic carbocycles. The summed E-state index contributed by atoms with van der Waals surface area (Å²) in [5.41, 5.74) is 0.605. The van der Waals surface area contributed by atoms with Crippen molar-refractivity contribution in [3.63, 3.8) is 0 Å². The minimum absolute atomic E-state index is 0.605. The standard InChI is InChI=1S/C14H28N2/c1-12-6-10-16(11-9-15-12)13-4-7-14(2,3)8-5-13/h12-13,15H,4-11H2,1-3H3. The highest BCUT2D eigenvalue weighted by Gasteiger charge is 2.30. The van der Waals surface area contributed by atoms with E-state index in [1.54, 1.807) is 0 Å². The molecule has 1 atom stereocenters. The van der Waals surface area contributed by atoms with E-state index in [0.29, 0.717) is 11.5 Å². The molecule has 2 heteroatoms. The highest BCUT2D eigenvalue weighted by Crippen LogP contribution is 2.36. The van der Waals surface area contributed by atoms with Gasteiger partial charge in [0, 0.05) is 25.2 Å². The molecule has 2 nitrogen and oxygen atoms in total. The number of hydrogen-bond donors (Lipinski definition) is 1. The topological polar surface area (TPSA) is 15.3 Å². The van der Waals surface area contributed by atoms with E-state index in [1.807, 2.05) is 0 Å². The first kappa shape index (κ1) is 12.4. The summed E-state index contributed by atoms with van der Waals surface area (Å²) in [6, 6.07) is 1.59. The van der Waals surface area contributed by atoms with Gasteiger partial charge in [0.05, 0.1) is 0 Å². The smallest absolute Gasteiger partial charge is 0.0110 e. The zero-order valence-electron chi connectivity index (χ0n) is 11.3. The zero-order chi connectivity index (χ0) is 11.6. The molecule has 1 aliphatic carbocycles. The summed E-state index contributed by atoms with van der Waals surface area (Å²) >= 11 is 0. The van der Waals surface area contributed by atoms with E-state index in [9.17, 15) is 0 Å². The van der Waals surface area contributed by atoms with Gasteiger partial charge in [-0.25, -0.2) is 0 Å². The van der Waals surface area contributed by atoms with Crippen LogP contribution in [0, 0.1) is 5.41 Å². The molecule has 0 aromatic heterocycles. The van der Waals surface area contributed by atoms with Gasteiger partial charge in [-0.05, 0) is 51.0 Å². The first-order chi connectivity index (χ1) is 7.57. The second-order valence-corrected chi connectivity index (χ2v) is 6.58. The fourth-order valence-corrected chi connectivity index (χ4v) is 3.14. The molecule has 0 spiro atoms. The summed E-state index contributed by atoms with van der Waals surface area (Å²) in [5, 5.41) is 3.59. The summed E-state index contributed by atoms with van der Waals surface area (Å²) in [5.74, 6) is 0. The highest BCUT2D eigenvalue weighted by molar-refractivity contribution is 4.85. The number of nitrogens with one attached hydrogen (secondary N) is 1. The average molecular weight is 224 g/mol. The van der Waals surface area contributed by atoms with Crippen LogP contribution in [0.1, 0.15) is 52.9 Å². The van der Waals surface area contributed by atoms with Crippen LogP contribution in [0.5, 0.6) is 0 Å². The Kier molecular flexibility index (Phi) is 3.91. The summed E-state index contributed by atoms with van der Waals surface area (Å²) in [6.07, 6.45) is 6.98. The van der Waals surface area contributed by atoms with Crippen molar-refractivity contribution in [2.24, 2.45) is 5.41 Å². The van der Waals surface area contributed by atoms with Gasteiger partial charge in [-0.15, -0.1) is 0 Å². The van der Waals surface area contributed by atoms with Gasteiger partial charge >= 0.3 is 0 Å². The van der Waals surface area contributed by atoms with Crippen LogP contribution in [0.15, 0.2) is 0 Å². The van der Waals surface area contributed by atoms with Crippen molar-refractivity contribution in [3.05, 3.63) is 0 Å². The summed E-state index contributed by atoms with van der Waals surface area (Å²) < 4.78 is 0. The summed E-state index contributed by atoms with van der Waals surface area (Å²) in [4.78, 5) is 2.74. The Hall–Kier alpha value is -0.0800. The van der Waals surface area contributed by atoms with Crippen LogP contribution < -0.4 is 5.32 Å². The Labute approximate surface area is 101 Å². The molecule has 16 heavy (non-hydrogen) atoms. The van der Waals surface area contributed by atoms with Gasteiger partial charge in [-0.2, -0.15) is 0 Å². The van der Waals surface area contributed by atoms with Crippen molar-refractivity contribution in [3.8, 4) is 0 Å². The molecule has 0 amide bonds. The minimum atomic E-state index is 0.605. The van der Waals surface area contributed by atoms with Gasteiger partial charge in [-0.3, -0.25) is 4.90 Å². The quantitative estimate of drug-likeness (QED) is 0.736. The van der Waals surface area contributed by atoms with Crippen molar-refractivity contribution in [1.29, 1.82) is 0 Å². The maximum Gasteiger partial charge on any atom is 0.0110 e. The normalized spacial score (nSPS) is 33.6. The molecule has 1 unspecified atom stereocenters. The fourth-order valence-electron chi connectivity index (χ4n) is 3.14. The van der Waals surface area contributed by atoms with Crippen LogP contribution in [-0.2, 0) is 0 Å². The van der Waals surface area contributed by atoms with Crippen molar-refractivity contribution >= 4 is 0 Å². The Bertz CT molecular complexity index is 215. The van der Waals surface area contributed by atoms with Crippen molar-refractivity contribution < 1.29 is 0 Å². The molecule has 1 heterocycles. The summed E-state index contributed by atoms with van der Waals surface area (Å²) in [7, 11) is 0. The molecular formula is C14H28N2. The first-order valence-corrected chi connectivity index (χ1v) is 7.04. The number of rotatable bonds is 1. The average Bonchev–Trinajstić information content (AvgIpc) is 2.43. The molecule has 0 bridgehead atoms. The van der Waals surface area contributed by atoms with E-state index in [4.69, 9.17) is 0 Å². The monoisotopic (exact) mass is 224 g/mol. The lowest BCUT2D eigenvalue weighted by Crippen LogP contribution is -2.41. The molecule has 2 aliphatic rings. The van der Waals surface area contributed by atoms with E-state index in [2.05, 4.69) is 31.0 Å². The lowest BCUT2D eigenvalue weighted by atomic mass is 9.75. The van der Waals surface area contributed by atoms with E-state index >= 15 is 0 Å². The minimum Gasteiger partial charge on any atom is -0.313 e. The third-order valence-electron chi connectivity index (χ3n) is 4.57. The number of hydrogen-bond acceptors (Lipinski definition) is 2. The molecule has 1 N–H and O–H groups in total. The molecule has 1 aliphatic heterocycles. The van der Waals surface area contributed by atoms with E-state index < -0.39 is 0 Å². The van der Waals surface area contributed by atoms with Gasteiger partial charge in [0.25, 0.3) is 0 Å². The fraction of sp³-hybridized carbons (Fsp3) is 1.00. The third kappa shape index (κ3) is 3.21. The van der Waals surface area contributed by atoms with Crippen LogP contribution in [-0.4, -0.2) is 36.6 Å². The van der Waals surface area contributed by atoms with Gasteiger partial charge in [-0.1, -0.05) is 13.8 Å². The molecule has 2 fully saturated rings. The summed E-state index contributed by atoms with van der Waals surface area (Å²) in [6.45, 7) is 10.9. The van der Waals surface area contributed by atoms with Crippen molar-refractivity contribution in [2.75, 3.05) is 19.6 Å². The Balaban J connectivity index is 1.84. The van der Waals surface area contributed by atoms with Gasteiger partial charge in [0.15, 0.2) is 0 Å².